The van der Waals surface area contributed by atoms with E-state index in [0.29, 0.717) is 16.7 Å². The standard InChI is InChI=1S/C13H13BrN2O3S/c1-20-8-11-4-3-10(19-11)7-15-12-5-2-9(14)6-13(12)16(17)18/h2-6,15H,7-8H2,1H3. The largest absolute Gasteiger partial charge is 0.463 e. The maximum Gasteiger partial charge on any atom is 0.293 e. The van der Waals surface area contributed by atoms with Gasteiger partial charge in [-0.25, -0.2) is 0 Å². The molecule has 0 aliphatic carbocycles. The van der Waals surface area contributed by atoms with Crippen molar-refractivity contribution in [3.05, 3.63) is 56.4 Å². The van der Waals surface area contributed by atoms with Crippen LogP contribution in [-0.4, -0.2) is 11.2 Å². The lowest BCUT2D eigenvalue weighted by Gasteiger charge is -2.05. The molecule has 1 N–H and O–H groups in total. The zero-order chi connectivity index (χ0) is 14.5. The Kier molecular flexibility index (Phi) is 5.08. The molecule has 0 spiro atoms. The molecule has 1 aromatic carbocycles. The molecule has 106 valence electrons. The van der Waals surface area contributed by atoms with E-state index in [1.807, 2.05) is 18.4 Å². The zero-order valence-electron chi connectivity index (χ0n) is 10.8. The fourth-order valence-electron chi connectivity index (χ4n) is 1.72. The molecule has 0 saturated heterocycles. The Hall–Kier alpha value is -1.47. The minimum atomic E-state index is -0.408. The first-order chi connectivity index (χ1) is 9.60. The van der Waals surface area contributed by atoms with Crippen LogP contribution in [0.5, 0.6) is 0 Å². The molecule has 2 aromatic rings. The number of nitro groups is 1. The SMILES string of the molecule is CSCc1ccc(CNc2ccc(Br)cc2[N+](=O)[O-])o1. The summed E-state index contributed by atoms with van der Waals surface area (Å²) in [4.78, 5) is 10.6. The van der Waals surface area contributed by atoms with Crippen LogP contribution in [0.25, 0.3) is 0 Å². The van der Waals surface area contributed by atoms with E-state index in [1.165, 1.54) is 6.07 Å². The second-order valence-corrected chi connectivity index (χ2v) is 5.85. The van der Waals surface area contributed by atoms with E-state index < -0.39 is 4.92 Å². The lowest BCUT2D eigenvalue weighted by molar-refractivity contribution is -0.384. The summed E-state index contributed by atoms with van der Waals surface area (Å²) in [7, 11) is 0. The van der Waals surface area contributed by atoms with Crippen LogP contribution in [0.3, 0.4) is 0 Å². The smallest absolute Gasteiger partial charge is 0.293 e. The molecule has 0 aliphatic heterocycles. The minimum absolute atomic E-state index is 0.0373. The number of nitrogens with one attached hydrogen (secondary N) is 1. The van der Waals surface area contributed by atoms with Crippen molar-refractivity contribution in [1.82, 2.24) is 0 Å². The summed E-state index contributed by atoms with van der Waals surface area (Å²) in [6.45, 7) is 0.414. The highest BCUT2D eigenvalue weighted by atomic mass is 79.9. The number of nitro benzene ring substituents is 1. The third-order valence-corrected chi connectivity index (χ3v) is 3.68. The number of benzene rings is 1. The highest BCUT2D eigenvalue weighted by Gasteiger charge is 2.14. The van der Waals surface area contributed by atoms with Crippen LogP contribution in [-0.2, 0) is 12.3 Å². The Balaban J connectivity index is 2.08. The van der Waals surface area contributed by atoms with E-state index in [9.17, 15) is 10.1 Å². The second kappa shape index (κ2) is 6.81. The molecule has 0 radical (unpaired) electrons. The van der Waals surface area contributed by atoms with Gasteiger partial charge in [0.1, 0.15) is 17.2 Å². The Morgan fingerprint density at radius 3 is 2.80 bits per heavy atom. The van der Waals surface area contributed by atoms with Gasteiger partial charge in [-0.05, 0) is 30.5 Å². The van der Waals surface area contributed by atoms with Crippen molar-refractivity contribution >= 4 is 39.1 Å². The maximum absolute atomic E-state index is 11.0. The average Bonchev–Trinajstić information content (AvgIpc) is 2.85. The summed E-state index contributed by atoms with van der Waals surface area (Å²) < 4.78 is 6.28. The van der Waals surface area contributed by atoms with Crippen molar-refractivity contribution in [3.8, 4) is 0 Å². The van der Waals surface area contributed by atoms with Crippen LogP contribution >= 0.6 is 27.7 Å². The van der Waals surface area contributed by atoms with E-state index in [1.54, 1.807) is 23.9 Å². The van der Waals surface area contributed by atoms with Gasteiger partial charge in [-0.15, -0.1) is 0 Å². The first kappa shape index (κ1) is 14.9. The van der Waals surface area contributed by atoms with E-state index >= 15 is 0 Å². The molecule has 0 aliphatic rings. The van der Waals surface area contributed by atoms with E-state index in [0.717, 1.165) is 17.3 Å². The van der Waals surface area contributed by atoms with Crippen LogP contribution in [0.2, 0.25) is 0 Å². The molecule has 0 atom stereocenters. The van der Waals surface area contributed by atoms with Gasteiger partial charge in [-0.2, -0.15) is 11.8 Å². The average molecular weight is 357 g/mol. The molecule has 1 heterocycles. The summed E-state index contributed by atoms with van der Waals surface area (Å²) >= 11 is 4.91. The fraction of sp³-hybridized carbons (Fsp3) is 0.231. The minimum Gasteiger partial charge on any atom is -0.463 e. The topological polar surface area (TPSA) is 68.3 Å². The van der Waals surface area contributed by atoms with Gasteiger partial charge in [0.05, 0.1) is 17.2 Å². The Morgan fingerprint density at radius 2 is 2.10 bits per heavy atom. The van der Waals surface area contributed by atoms with Crippen LogP contribution in [0.1, 0.15) is 11.5 Å². The molecule has 0 saturated carbocycles. The molecule has 0 fully saturated rings. The Morgan fingerprint density at radius 1 is 1.35 bits per heavy atom. The lowest BCUT2D eigenvalue weighted by atomic mass is 10.2. The fourth-order valence-corrected chi connectivity index (χ4v) is 2.51. The number of anilines is 1. The molecule has 1 aromatic heterocycles. The van der Waals surface area contributed by atoms with Crippen molar-refractivity contribution in [2.75, 3.05) is 11.6 Å². The highest BCUT2D eigenvalue weighted by Crippen LogP contribution is 2.28. The highest BCUT2D eigenvalue weighted by molar-refractivity contribution is 9.10. The Labute approximate surface area is 129 Å². The number of rotatable bonds is 6. The monoisotopic (exact) mass is 356 g/mol. The van der Waals surface area contributed by atoms with Crippen molar-refractivity contribution in [3.63, 3.8) is 0 Å². The summed E-state index contributed by atoms with van der Waals surface area (Å²) in [6, 6.07) is 8.71. The van der Waals surface area contributed by atoms with Gasteiger partial charge in [0.25, 0.3) is 5.69 Å². The van der Waals surface area contributed by atoms with Crippen molar-refractivity contribution < 1.29 is 9.34 Å². The van der Waals surface area contributed by atoms with Gasteiger partial charge in [0.2, 0.25) is 0 Å². The summed E-state index contributed by atoms with van der Waals surface area (Å²) in [5.74, 6) is 2.48. The zero-order valence-corrected chi connectivity index (χ0v) is 13.2. The Bertz CT molecular complexity index is 615. The van der Waals surface area contributed by atoms with Gasteiger partial charge in [0.15, 0.2) is 0 Å². The first-order valence-corrected chi connectivity index (χ1v) is 8.03. The van der Waals surface area contributed by atoms with Gasteiger partial charge in [-0.1, -0.05) is 15.9 Å². The summed E-state index contributed by atoms with van der Waals surface area (Å²) in [5, 5.41) is 14.0. The third-order valence-electron chi connectivity index (χ3n) is 2.61. The molecule has 20 heavy (non-hydrogen) atoms. The molecule has 2 rings (SSSR count). The maximum atomic E-state index is 11.0. The van der Waals surface area contributed by atoms with E-state index in [-0.39, 0.29) is 5.69 Å². The summed E-state index contributed by atoms with van der Waals surface area (Å²) in [5.41, 5.74) is 0.510. The third kappa shape index (κ3) is 3.77. The van der Waals surface area contributed by atoms with Crippen LogP contribution in [0.15, 0.2) is 39.2 Å². The molecule has 0 bridgehead atoms. The number of nitrogens with zero attached hydrogens (tertiary/aromatic N) is 1. The van der Waals surface area contributed by atoms with Crippen molar-refractivity contribution in [2.24, 2.45) is 0 Å². The van der Waals surface area contributed by atoms with E-state index in [4.69, 9.17) is 4.42 Å². The van der Waals surface area contributed by atoms with Gasteiger partial charge < -0.3 is 9.73 Å². The predicted octanol–water partition coefficient (Wildman–Crippen LogP) is 4.43. The number of halogens is 1. The van der Waals surface area contributed by atoms with Crippen LogP contribution in [0, 0.1) is 10.1 Å². The second-order valence-electron chi connectivity index (χ2n) is 4.07. The quantitative estimate of drug-likeness (QED) is 0.612. The molecular weight excluding hydrogens is 344 g/mol. The van der Waals surface area contributed by atoms with Gasteiger partial charge in [0, 0.05) is 10.5 Å². The van der Waals surface area contributed by atoms with Crippen LogP contribution in [0.4, 0.5) is 11.4 Å². The molecular formula is C13H13BrN2O3S. The predicted molar refractivity (Wildman–Crippen MR) is 84.1 cm³/mol. The van der Waals surface area contributed by atoms with Crippen LogP contribution < -0.4 is 5.32 Å². The molecule has 0 amide bonds. The van der Waals surface area contributed by atoms with Crippen molar-refractivity contribution in [1.29, 1.82) is 0 Å². The lowest BCUT2D eigenvalue weighted by Crippen LogP contribution is -2.01. The summed E-state index contributed by atoms with van der Waals surface area (Å²) in [6.07, 6.45) is 2.01. The number of thioether (sulfide) groups is 1. The molecule has 5 nitrogen and oxygen atoms in total. The van der Waals surface area contributed by atoms with E-state index in [2.05, 4.69) is 21.2 Å². The van der Waals surface area contributed by atoms with Gasteiger partial charge >= 0.3 is 0 Å². The first-order valence-electron chi connectivity index (χ1n) is 5.84. The molecule has 0 unspecified atom stereocenters. The van der Waals surface area contributed by atoms with Gasteiger partial charge in [-0.3, -0.25) is 10.1 Å². The normalized spacial score (nSPS) is 10.5. The number of hydrogen-bond acceptors (Lipinski definition) is 5. The number of hydrogen-bond donors (Lipinski definition) is 1. The molecule has 7 heteroatoms. The number of furan rings is 1. The van der Waals surface area contributed by atoms with Crippen molar-refractivity contribution in [2.45, 2.75) is 12.3 Å².